The number of hydrogen-bond donors (Lipinski definition) is 1. The third-order valence-electron chi connectivity index (χ3n) is 4.80. The van der Waals surface area contributed by atoms with Gasteiger partial charge in [-0.1, -0.05) is 12.1 Å². The summed E-state index contributed by atoms with van der Waals surface area (Å²) in [6.07, 6.45) is 2.84. The average Bonchev–Trinajstić information content (AvgIpc) is 2.97. The first-order valence-corrected chi connectivity index (χ1v) is 7.73. The van der Waals surface area contributed by atoms with E-state index in [1.165, 1.54) is 25.9 Å². The first kappa shape index (κ1) is 12.5. The van der Waals surface area contributed by atoms with Gasteiger partial charge < -0.3 is 14.8 Å². The second kappa shape index (κ2) is 5.26. The third kappa shape index (κ3) is 2.27. The van der Waals surface area contributed by atoms with E-state index in [1.54, 1.807) is 0 Å². The van der Waals surface area contributed by atoms with Crippen molar-refractivity contribution in [1.29, 1.82) is 0 Å². The number of rotatable bonds is 2. The van der Waals surface area contributed by atoms with Gasteiger partial charge in [0.25, 0.3) is 0 Å². The van der Waals surface area contributed by atoms with Crippen LogP contribution in [0.15, 0.2) is 24.3 Å². The number of para-hydroxylation sites is 2. The summed E-state index contributed by atoms with van der Waals surface area (Å²) in [7, 11) is 0. The molecule has 3 unspecified atom stereocenters. The number of ether oxygens (including phenoxy) is 2. The first-order chi connectivity index (χ1) is 9.90. The lowest BCUT2D eigenvalue weighted by Crippen LogP contribution is -2.50. The summed E-state index contributed by atoms with van der Waals surface area (Å²) in [5.74, 6) is 2.60. The fourth-order valence-electron chi connectivity index (χ4n) is 3.80. The number of hydrogen-bond acceptors (Lipinski definition) is 4. The first-order valence-electron chi connectivity index (χ1n) is 7.73. The molecule has 2 saturated heterocycles. The Morgan fingerprint density at radius 2 is 2.10 bits per heavy atom. The molecule has 20 heavy (non-hydrogen) atoms. The van der Waals surface area contributed by atoms with Crippen molar-refractivity contribution in [3.05, 3.63) is 24.3 Å². The normalized spacial score (nSPS) is 32.9. The number of nitrogens with one attached hydrogen (secondary N) is 1. The second-order valence-electron chi connectivity index (χ2n) is 6.12. The zero-order chi connectivity index (χ0) is 13.4. The molecular weight excluding hydrogens is 252 g/mol. The summed E-state index contributed by atoms with van der Waals surface area (Å²) in [4.78, 5) is 2.61. The average molecular weight is 274 g/mol. The van der Waals surface area contributed by atoms with Crippen LogP contribution in [0.5, 0.6) is 11.5 Å². The molecule has 0 radical (unpaired) electrons. The Balaban J connectivity index is 1.42. The summed E-state index contributed by atoms with van der Waals surface area (Å²) in [5.41, 5.74) is 0. The predicted octanol–water partition coefficient (Wildman–Crippen LogP) is 1.51. The zero-order valence-corrected chi connectivity index (χ0v) is 11.8. The lowest BCUT2D eigenvalue weighted by molar-refractivity contribution is 0.0286. The molecule has 1 N–H and O–H groups in total. The molecule has 3 atom stereocenters. The van der Waals surface area contributed by atoms with Crippen LogP contribution in [0.3, 0.4) is 0 Å². The molecule has 0 aliphatic carbocycles. The van der Waals surface area contributed by atoms with Crippen LogP contribution in [-0.4, -0.2) is 49.8 Å². The molecule has 3 aliphatic heterocycles. The van der Waals surface area contributed by atoms with E-state index in [2.05, 4.69) is 10.2 Å². The number of likely N-dealkylation sites (tertiary alicyclic amines) is 1. The molecule has 108 valence electrons. The fraction of sp³-hybridized carbons (Fsp3) is 0.625. The molecule has 4 heteroatoms. The van der Waals surface area contributed by atoms with Crippen LogP contribution in [0.4, 0.5) is 0 Å². The summed E-state index contributed by atoms with van der Waals surface area (Å²) in [5, 5.41) is 3.53. The van der Waals surface area contributed by atoms with Crippen molar-refractivity contribution >= 4 is 0 Å². The highest BCUT2D eigenvalue weighted by Gasteiger charge is 2.36. The standard InChI is InChI=1S/C16H22N2O2/c1-2-6-16-15(5-1)19-11-13(20-16)10-18-7-3-4-12-8-17-9-14(12)18/h1-2,5-6,12-14,17H,3-4,7-11H2. The van der Waals surface area contributed by atoms with Gasteiger partial charge in [0.2, 0.25) is 0 Å². The van der Waals surface area contributed by atoms with Crippen molar-refractivity contribution in [3.8, 4) is 11.5 Å². The van der Waals surface area contributed by atoms with Crippen molar-refractivity contribution in [3.63, 3.8) is 0 Å². The van der Waals surface area contributed by atoms with Gasteiger partial charge >= 0.3 is 0 Å². The molecular formula is C16H22N2O2. The lowest BCUT2D eigenvalue weighted by atomic mass is 9.92. The highest BCUT2D eigenvalue weighted by molar-refractivity contribution is 5.40. The molecule has 4 rings (SSSR count). The minimum absolute atomic E-state index is 0.157. The van der Waals surface area contributed by atoms with E-state index in [0.29, 0.717) is 12.6 Å². The van der Waals surface area contributed by atoms with Gasteiger partial charge in [-0.25, -0.2) is 0 Å². The predicted molar refractivity (Wildman–Crippen MR) is 77.3 cm³/mol. The van der Waals surface area contributed by atoms with Crippen LogP contribution >= 0.6 is 0 Å². The molecule has 3 heterocycles. The van der Waals surface area contributed by atoms with E-state index < -0.39 is 0 Å². The maximum absolute atomic E-state index is 6.10. The Hall–Kier alpha value is -1.26. The molecule has 0 amide bonds. The van der Waals surface area contributed by atoms with Gasteiger partial charge in [-0.2, -0.15) is 0 Å². The lowest BCUT2D eigenvalue weighted by Gasteiger charge is -2.39. The van der Waals surface area contributed by atoms with Gasteiger partial charge in [0.1, 0.15) is 12.7 Å². The summed E-state index contributed by atoms with van der Waals surface area (Å²) in [6.45, 7) is 5.17. The van der Waals surface area contributed by atoms with Gasteiger partial charge in [-0.05, 0) is 44.0 Å². The number of fused-ring (bicyclic) bond motifs is 2. The quantitative estimate of drug-likeness (QED) is 0.886. The number of piperidine rings is 1. The van der Waals surface area contributed by atoms with Gasteiger partial charge in [0, 0.05) is 19.1 Å². The minimum atomic E-state index is 0.157. The molecule has 2 fully saturated rings. The Morgan fingerprint density at radius 3 is 3.05 bits per heavy atom. The highest BCUT2D eigenvalue weighted by Crippen LogP contribution is 2.32. The molecule has 0 bridgehead atoms. The van der Waals surface area contributed by atoms with Crippen molar-refractivity contribution in [2.75, 3.05) is 32.8 Å². The summed E-state index contributed by atoms with van der Waals surface area (Å²) >= 11 is 0. The van der Waals surface area contributed by atoms with E-state index >= 15 is 0 Å². The van der Waals surface area contributed by atoms with Crippen molar-refractivity contribution < 1.29 is 9.47 Å². The molecule has 1 aromatic carbocycles. The van der Waals surface area contributed by atoms with Gasteiger partial charge in [0.05, 0.1) is 0 Å². The van der Waals surface area contributed by atoms with Crippen LogP contribution in [0.25, 0.3) is 0 Å². The Kier molecular flexibility index (Phi) is 3.28. The number of benzene rings is 1. The van der Waals surface area contributed by atoms with E-state index in [-0.39, 0.29) is 6.10 Å². The minimum Gasteiger partial charge on any atom is -0.486 e. The van der Waals surface area contributed by atoms with Crippen molar-refractivity contribution in [1.82, 2.24) is 10.2 Å². The molecule has 0 aromatic heterocycles. The largest absolute Gasteiger partial charge is 0.486 e. The third-order valence-corrected chi connectivity index (χ3v) is 4.80. The summed E-state index contributed by atoms with van der Waals surface area (Å²) in [6, 6.07) is 8.66. The van der Waals surface area contributed by atoms with E-state index in [0.717, 1.165) is 30.5 Å². The van der Waals surface area contributed by atoms with Crippen molar-refractivity contribution in [2.24, 2.45) is 5.92 Å². The van der Waals surface area contributed by atoms with Crippen molar-refractivity contribution in [2.45, 2.75) is 25.0 Å². The maximum atomic E-state index is 6.10. The fourth-order valence-corrected chi connectivity index (χ4v) is 3.80. The topological polar surface area (TPSA) is 33.7 Å². The second-order valence-corrected chi connectivity index (χ2v) is 6.12. The Morgan fingerprint density at radius 1 is 1.20 bits per heavy atom. The number of nitrogens with zero attached hydrogens (tertiary/aromatic N) is 1. The van der Waals surface area contributed by atoms with Crippen LogP contribution in [0.1, 0.15) is 12.8 Å². The maximum Gasteiger partial charge on any atom is 0.161 e. The molecule has 4 nitrogen and oxygen atoms in total. The van der Waals surface area contributed by atoms with Crippen LogP contribution in [0.2, 0.25) is 0 Å². The van der Waals surface area contributed by atoms with Gasteiger partial charge in [-0.3, -0.25) is 4.90 Å². The Bertz CT molecular complexity index is 479. The smallest absolute Gasteiger partial charge is 0.161 e. The van der Waals surface area contributed by atoms with E-state index in [1.807, 2.05) is 24.3 Å². The van der Waals surface area contributed by atoms with Crippen LogP contribution in [-0.2, 0) is 0 Å². The van der Waals surface area contributed by atoms with Crippen LogP contribution in [0, 0.1) is 5.92 Å². The molecule has 0 saturated carbocycles. The molecule has 0 spiro atoms. The van der Waals surface area contributed by atoms with Gasteiger partial charge in [0.15, 0.2) is 11.5 Å². The van der Waals surface area contributed by atoms with E-state index in [9.17, 15) is 0 Å². The Labute approximate surface area is 120 Å². The molecule has 1 aromatic rings. The van der Waals surface area contributed by atoms with E-state index in [4.69, 9.17) is 9.47 Å². The summed E-state index contributed by atoms with van der Waals surface area (Å²) < 4.78 is 11.9. The monoisotopic (exact) mass is 274 g/mol. The van der Waals surface area contributed by atoms with Crippen LogP contribution < -0.4 is 14.8 Å². The zero-order valence-electron chi connectivity index (χ0n) is 11.8. The highest BCUT2D eigenvalue weighted by atomic mass is 16.6. The molecule has 3 aliphatic rings. The SMILES string of the molecule is c1ccc2c(c1)OCC(CN1CCCC3CNCC31)O2. The van der Waals surface area contributed by atoms with Gasteiger partial charge in [-0.15, -0.1) is 0 Å².